The van der Waals surface area contributed by atoms with Gasteiger partial charge in [-0.1, -0.05) is 6.08 Å². The van der Waals surface area contributed by atoms with E-state index in [0.717, 1.165) is 44.5 Å². The lowest BCUT2D eigenvalue weighted by atomic mass is 10.1. The van der Waals surface area contributed by atoms with Crippen molar-refractivity contribution in [3.05, 3.63) is 35.8 Å². The molecule has 18 heavy (non-hydrogen) atoms. The number of morpholine rings is 1. The summed E-state index contributed by atoms with van der Waals surface area (Å²) in [5, 5.41) is 0. The second kappa shape index (κ2) is 4.96. The summed E-state index contributed by atoms with van der Waals surface area (Å²) in [6.07, 6.45) is 8.12. The van der Waals surface area contributed by atoms with Gasteiger partial charge < -0.3 is 20.3 Å². The minimum atomic E-state index is 0.553. The van der Waals surface area contributed by atoms with Crippen LogP contribution in [0, 0.1) is 0 Å². The molecule has 96 valence electrons. The monoisotopic (exact) mass is 246 g/mol. The first-order valence-electron chi connectivity index (χ1n) is 6.33. The normalized spacial score (nSPS) is 23.3. The molecule has 3 aliphatic rings. The zero-order chi connectivity index (χ0) is 12.4. The fourth-order valence-electron chi connectivity index (χ4n) is 2.39. The number of nitrogens with two attached hydrogens (primary N) is 1. The molecule has 0 bridgehead atoms. The van der Waals surface area contributed by atoms with Crippen molar-refractivity contribution in [3.8, 4) is 0 Å². The lowest BCUT2D eigenvalue weighted by Gasteiger charge is -2.35. The molecule has 3 aliphatic heterocycles. The van der Waals surface area contributed by atoms with Crippen LogP contribution in [0.15, 0.2) is 40.8 Å². The van der Waals surface area contributed by atoms with Crippen molar-refractivity contribution >= 4 is 5.84 Å². The topological polar surface area (TPSA) is 54.1 Å². The van der Waals surface area contributed by atoms with Crippen molar-refractivity contribution in [2.24, 2.45) is 10.7 Å². The Hall–Kier alpha value is -1.59. The molecule has 2 N–H and O–H groups in total. The van der Waals surface area contributed by atoms with Crippen LogP contribution in [0.4, 0.5) is 0 Å². The first kappa shape index (κ1) is 11.5. The van der Waals surface area contributed by atoms with Crippen LogP contribution in [0.3, 0.4) is 0 Å². The van der Waals surface area contributed by atoms with Gasteiger partial charge >= 0.3 is 0 Å². The number of allylic oxidation sites excluding steroid dienone is 2. The van der Waals surface area contributed by atoms with Gasteiger partial charge in [-0.05, 0) is 12.2 Å². The highest BCUT2D eigenvalue weighted by atomic mass is 16.5. The third kappa shape index (κ3) is 2.07. The van der Waals surface area contributed by atoms with E-state index < -0.39 is 0 Å². The fourth-order valence-corrected chi connectivity index (χ4v) is 2.39. The maximum absolute atomic E-state index is 5.87. The van der Waals surface area contributed by atoms with Gasteiger partial charge in [-0.25, -0.2) is 4.99 Å². The number of aliphatic imine (C=N–C) groups is 1. The third-order valence-electron chi connectivity index (χ3n) is 3.37. The zero-order valence-electron chi connectivity index (χ0n) is 10.4. The molecule has 0 atom stereocenters. The summed E-state index contributed by atoms with van der Waals surface area (Å²) in [5.41, 5.74) is 7.06. The number of amidine groups is 1. The Balaban J connectivity index is 1.90. The van der Waals surface area contributed by atoms with E-state index >= 15 is 0 Å². The predicted octanol–water partition coefficient (Wildman–Crippen LogP) is 0.287. The van der Waals surface area contributed by atoms with Crippen LogP contribution >= 0.6 is 0 Å². The summed E-state index contributed by atoms with van der Waals surface area (Å²) >= 11 is 0. The van der Waals surface area contributed by atoms with Crippen molar-refractivity contribution < 1.29 is 4.74 Å². The third-order valence-corrected chi connectivity index (χ3v) is 3.37. The first-order valence-corrected chi connectivity index (χ1v) is 6.33. The molecule has 0 saturated carbocycles. The number of hydrogen-bond donors (Lipinski definition) is 1. The van der Waals surface area contributed by atoms with E-state index in [1.807, 2.05) is 24.4 Å². The van der Waals surface area contributed by atoms with Gasteiger partial charge in [0, 0.05) is 31.4 Å². The van der Waals surface area contributed by atoms with Crippen LogP contribution in [0.2, 0.25) is 0 Å². The second-order valence-corrected chi connectivity index (χ2v) is 4.53. The number of ether oxygens (including phenoxy) is 1. The molecule has 0 aromatic rings. The molecule has 1 saturated heterocycles. The van der Waals surface area contributed by atoms with E-state index in [2.05, 4.69) is 9.80 Å². The molecule has 1 fully saturated rings. The summed E-state index contributed by atoms with van der Waals surface area (Å²) < 4.78 is 5.39. The minimum Gasteiger partial charge on any atom is -0.378 e. The van der Waals surface area contributed by atoms with Gasteiger partial charge in [-0.3, -0.25) is 0 Å². The van der Waals surface area contributed by atoms with Gasteiger partial charge in [0.25, 0.3) is 0 Å². The standard InChI is InChI=1S/C13H18N4O/c14-9-11-10-17-4-2-1-3-12(17)15-13(11)16-5-7-18-8-6-16/h1-4H,5-10,14H2. The SMILES string of the molecule is NCC1=C(N2CCOCC2)N=C2C=CC=CN2C1. The molecule has 0 aromatic heterocycles. The quantitative estimate of drug-likeness (QED) is 0.760. The highest BCUT2D eigenvalue weighted by Gasteiger charge is 2.24. The molecule has 0 spiro atoms. The number of hydrogen-bond acceptors (Lipinski definition) is 5. The number of nitrogens with zero attached hydrogens (tertiary/aromatic N) is 3. The Kier molecular flexibility index (Phi) is 3.17. The summed E-state index contributed by atoms with van der Waals surface area (Å²) in [5.74, 6) is 2.04. The predicted molar refractivity (Wildman–Crippen MR) is 70.9 cm³/mol. The van der Waals surface area contributed by atoms with Gasteiger partial charge in [-0.2, -0.15) is 0 Å². The van der Waals surface area contributed by atoms with Crippen molar-refractivity contribution in [2.45, 2.75) is 0 Å². The van der Waals surface area contributed by atoms with Crippen LogP contribution in [-0.4, -0.2) is 55.0 Å². The Morgan fingerprint density at radius 1 is 1.28 bits per heavy atom. The van der Waals surface area contributed by atoms with Crippen LogP contribution in [0.25, 0.3) is 0 Å². The Bertz CT molecular complexity index is 444. The van der Waals surface area contributed by atoms with Gasteiger partial charge in [0.2, 0.25) is 0 Å². The fraction of sp³-hybridized carbons (Fsp3) is 0.462. The maximum atomic E-state index is 5.87. The summed E-state index contributed by atoms with van der Waals surface area (Å²) in [6.45, 7) is 4.72. The molecule has 0 aromatic carbocycles. The average molecular weight is 246 g/mol. The summed E-state index contributed by atoms with van der Waals surface area (Å²) in [7, 11) is 0. The highest BCUT2D eigenvalue weighted by Crippen LogP contribution is 2.22. The minimum absolute atomic E-state index is 0.553. The number of fused-ring (bicyclic) bond motifs is 1. The Labute approximate surface area is 107 Å². The van der Waals surface area contributed by atoms with Gasteiger partial charge in [0.1, 0.15) is 11.7 Å². The van der Waals surface area contributed by atoms with E-state index in [-0.39, 0.29) is 0 Å². The molecule has 3 heterocycles. The second-order valence-electron chi connectivity index (χ2n) is 4.53. The van der Waals surface area contributed by atoms with E-state index in [9.17, 15) is 0 Å². The molecule has 5 nitrogen and oxygen atoms in total. The molecular weight excluding hydrogens is 228 g/mol. The van der Waals surface area contributed by atoms with Crippen LogP contribution in [0.1, 0.15) is 0 Å². The highest BCUT2D eigenvalue weighted by molar-refractivity contribution is 5.96. The molecule has 0 amide bonds. The van der Waals surface area contributed by atoms with E-state index in [4.69, 9.17) is 15.5 Å². The first-order chi connectivity index (χ1) is 8.88. The van der Waals surface area contributed by atoms with Crippen LogP contribution in [-0.2, 0) is 4.74 Å². The summed E-state index contributed by atoms with van der Waals surface area (Å²) in [6, 6.07) is 0. The van der Waals surface area contributed by atoms with Gasteiger partial charge in [-0.15, -0.1) is 0 Å². The summed E-state index contributed by atoms with van der Waals surface area (Å²) in [4.78, 5) is 9.17. The smallest absolute Gasteiger partial charge is 0.135 e. The van der Waals surface area contributed by atoms with Crippen LogP contribution < -0.4 is 5.73 Å². The lowest BCUT2D eigenvalue weighted by molar-refractivity contribution is 0.0521. The molecule has 0 radical (unpaired) electrons. The largest absolute Gasteiger partial charge is 0.378 e. The average Bonchev–Trinajstić information content (AvgIpc) is 2.46. The van der Waals surface area contributed by atoms with Crippen molar-refractivity contribution in [3.63, 3.8) is 0 Å². The molecule has 0 unspecified atom stereocenters. The van der Waals surface area contributed by atoms with Crippen molar-refractivity contribution in [2.75, 3.05) is 39.4 Å². The van der Waals surface area contributed by atoms with E-state index in [1.165, 1.54) is 5.57 Å². The molecule has 0 aliphatic carbocycles. The van der Waals surface area contributed by atoms with Crippen molar-refractivity contribution in [1.29, 1.82) is 0 Å². The van der Waals surface area contributed by atoms with Gasteiger partial charge in [0.05, 0.1) is 19.8 Å². The zero-order valence-corrected chi connectivity index (χ0v) is 10.4. The maximum Gasteiger partial charge on any atom is 0.135 e. The Morgan fingerprint density at radius 2 is 2.11 bits per heavy atom. The molecule has 5 heteroatoms. The van der Waals surface area contributed by atoms with E-state index in [1.54, 1.807) is 0 Å². The lowest BCUT2D eigenvalue weighted by Crippen LogP contribution is -2.41. The number of rotatable bonds is 2. The van der Waals surface area contributed by atoms with Crippen molar-refractivity contribution in [1.82, 2.24) is 9.80 Å². The molecule has 3 rings (SSSR count). The van der Waals surface area contributed by atoms with Gasteiger partial charge in [0.15, 0.2) is 0 Å². The van der Waals surface area contributed by atoms with E-state index in [0.29, 0.717) is 6.54 Å². The molecular formula is C13H18N4O. The van der Waals surface area contributed by atoms with Crippen LogP contribution in [0.5, 0.6) is 0 Å². The Morgan fingerprint density at radius 3 is 2.89 bits per heavy atom.